The van der Waals surface area contributed by atoms with Crippen LogP contribution in [-0.2, 0) is 6.54 Å². The van der Waals surface area contributed by atoms with Gasteiger partial charge in [0.05, 0.1) is 6.26 Å². The molecule has 1 fully saturated rings. The van der Waals surface area contributed by atoms with E-state index in [0.29, 0.717) is 6.04 Å². The van der Waals surface area contributed by atoms with E-state index in [0.717, 1.165) is 25.2 Å². The summed E-state index contributed by atoms with van der Waals surface area (Å²) in [6, 6.07) is 8.96. The quantitative estimate of drug-likeness (QED) is 0.904. The van der Waals surface area contributed by atoms with Crippen molar-refractivity contribution in [2.45, 2.75) is 38.8 Å². The van der Waals surface area contributed by atoms with Gasteiger partial charge in [0.1, 0.15) is 5.58 Å². The first-order valence-corrected chi connectivity index (χ1v) is 7.77. The molecule has 3 nitrogen and oxygen atoms in total. The van der Waals surface area contributed by atoms with Gasteiger partial charge in [-0.2, -0.15) is 0 Å². The molecule has 20 heavy (non-hydrogen) atoms. The summed E-state index contributed by atoms with van der Waals surface area (Å²) in [5, 5.41) is 4.89. The minimum atomic E-state index is 0.655. The van der Waals surface area contributed by atoms with Gasteiger partial charge in [-0.15, -0.1) is 0 Å². The summed E-state index contributed by atoms with van der Waals surface area (Å²) in [5.41, 5.74) is 2.30. The predicted molar refractivity (Wildman–Crippen MR) is 82.8 cm³/mol. The van der Waals surface area contributed by atoms with Gasteiger partial charge in [0.15, 0.2) is 0 Å². The van der Waals surface area contributed by atoms with Gasteiger partial charge < -0.3 is 9.73 Å². The lowest BCUT2D eigenvalue weighted by atomic mass is 10.0. The van der Waals surface area contributed by atoms with Crippen LogP contribution in [0.5, 0.6) is 0 Å². The normalized spacial score (nSPS) is 19.8. The molecule has 2 heterocycles. The summed E-state index contributed by atoms with van der Waals surface area (Å²) in [5.74, 6) is 0. The highest BCUT2D eigenvalue weighted by molar-refractivity contribution is 5.80. The Morgan fingerprint density at radius 1 is 1.30 bits per heavy atom. The number of nitrogens with zero attached hydrogens (tertiary/aromatic N) is 1. The SMILES string of the molecule is CCN(Cc1coc2ccccc12)CC1CCCCN1. The molecule has 1 atom stereocenters. The predicted octanol–water partition coefficient (Wildman–Crippen LogP) is 3.40. The van der Waals surface area contributed by atoms with Gasteiger partial charge >= 0.3 is 0 Å². The van der Waals surface area contributed by atoms with Crippen molar-refractivity contribution in [3.05, 3.63) is 36.1 Å². The average molecular weight is 272 g/mol. The summed E-state index contributed by atoms with van der Waals surface area (Å²) in [6.45, 7) is 6.61. The topological polar surface area (TPSA) is 28.4 Å². The molecular weight excluding hydrogens is 248 g/mol. The number of hydrogen-bond donors (Lipinski definition) is 1. The van der Waals surface area contributed by atoms with E-state index in [-0.39, 0.29) is 0 Å². The third kappa shape index (κ3) is 3.05. The molecule has 3 heteroatoms. The molecular formula is C17H24N2O. The molecule has 0 saturated carbocycles. The minimum Gasteiger partial charge on any atom is -0.464 e. The van der Waals surface area contributed by atoms with Gasteiger partial charge in [0, 0.05) is 30.1 Å². The van der Waals surface area contributed by atoms with E-state index < -0.39 is 0 Å². The first-order valence-electron chi connectivity index (χ1n) is 7.77. The summed E-state index contributed by atoms with van der Waals surface area (Å²) in [7, 11) is 0. The van der Waals surface area contributed by atoms with Crippen LogP contribution in [0.3, 0.4) is 0 Å². The number of hydrogen-bond acceptors (Lipinski definition) is 3. The van der Waals surface area contributed by atoms with E-state index in [2.05, 4.69) is 29.3 Å². The second-order valence-electron chi connectivity index (χ2n) is 5.73. The molecule has 0 radical (unpaired) electrons. The van der Waals surface area contributed by atoms with Gasteiger partial charge in [0.25, 0.3) is 0 Å². The molecule has 1 unspecified atom stereocenters. The summed E-state index contributed by atoms with van der Waals surface area (Å²) < 4.78 is 5.64. The highest BCUT2D eigenvalue weighted by atomic mass is 16.3. The Morgan fingerprint density at radius 3 is 3.00 bits per heavy atom. The van der Waals surface area contributed by atoms with E-state index in [9.17, 15) is 0 Å². The lowest BCUT2D eigenvalue weighted by Crippen LogP contribution is -2.43. The second kappa shape index (κ2) is 6.42. The maximum atomic E-state index is 5.64. The first-order chi connectivity index (χ1) is 9.86. The molecule has 0 aliphatic carbocycles. The number of likely N-dealkylation sites (N-methyl/N-ethyl adjacent to an activating group) is 1. The fourth-order valence-electron chi connectivity index (χ4n) is 3.09. The number of rotatable bonds is 5. The number of benzene rings is 1. The largest absolute Gasteiger partial charge is 0.464 e. The molecule has 0 amide bonds. The van der Waals surface area contributed by atoms with Crippen LogP contribution in [-0.4, -0.2) is 30.6 Å². The van der Waals surface area contributed by atoms with E-state index in [4.69, 9.17) is 4.42 Å². The van der Waals surface area contributed by atoms with Gasteiger partial charge in [0.2, 0.25) is 0 Å². The highest BCUT2D eigenvalue weighted by Crippen LogP contribution is 2.22. The first kappa shape index (κ1) is 13.7. The van der Waals surface area contributed by atoms with E-state index in [1.54, 1.807) is 0 Å². The Bertz CT molecular complexity index is 543. The summed E-state index contributed by atoms with van der Waals surface area (Å²) in [6.07, 6.45) is 5.92. The molecule has 108 valence electrons. The Labute approximate surface area is 120 Å². The molecule has 3 rings (SSSR count). The van der Waals surface area contributed by atoms with Crippen molar-refractivity contribution in [1.29, 1.82) is 0 Å². The van der Waals surface area contributed by atoms with Crippen molar-refractivity contribution in [2.24, 2.45) is 0 Å². The van der Waals surface area contributed by atoms with Crippen LogP contribution >= 0.6 is 0 Å². The van der Waals surface area contributed by atoms with E-state index in [1.165, 1.54) is 36.8 Å². The zero-order valence-electron chi connectivity index (χ0n) is 12.3. The number of para-hydroxylation sites is 1. The minimum absolute atomic E-state index is 0.655. The van der Waals surface area contributed by atoms with E-state index >= 15 is 0 Å². The maximum absolute atomic E-state index is 5.64. The molecule has 0 bridgehead atoms. The Morgan fingerprint density at radius 2 is 2.20 bits per heavy atom. The molecule has 1 aromatic carbocycles. The average Bonchev–Trinajstić information content (AvgIpc) is 2.91. The number of piperidine rings is 1. The molecule has 1 aliphatic rings. The van der Waals surface area contributed by atoms with Crippen LogP contribution in [0.25, 0.3) is 11.0 Å². The molecule has 1 saturated heterocycles. The fourth-order valence-corrected chi connectivity index (χ4v) is 3.09. The number of fused-ring (bicyclic) bond motifs is 1. The standard InChI is InChI=1S/C17H24N2O/c1-2-19(12-15-7-5-6-10-18-15)11-14-13-20-17-9-4-3-8-16(14)17/h3-4,8-9,13,15,18H,2,5-7,10-12H2,1H3. The van der Waals surface area contributed by atoms with Gasteiger partial charge in [-0.25, -0.2) is 0 Å². The fraction of sp³-hybridized carbons (Fsp3) is 0.529. The van der Waals surface area contributed by atoms with Crippen LogP contribution in [0.15, 0.2) is 34.9 Å². The van der Waals surface area contributed by atoms with Crippen LogP contribution < -0.4 is 5.32 Å². The van der Waals surface area contributed by atoms with Crippen molar-refractivity contribution < 1.29 is 4.42 Å². The Balaban J connectivity index is 1.67. The molecule has 1 aromatic heterocycles. The Hall–Kier alpha value is -1.32. The van der Waals surface area contributed by atoms with Crippen LogP contribution in [0.1, 0.15) is 31.7 Å². The number of nitrogens with one attached hydrogen (secondary N) is 1. The molecule has 0 spiro atoms. The van der Waals surface area contributed by atoms with E-state index in [1.807, 2.05) is 18.4 Å². The highest BCUT2D eigenvalue weighted by Gasteiger charge is 2.17. The van der Waals surface area contributed by atoms with Gasteiger partial charge in [-0.1, -0.05) is 31.5 Å². The van der Waals surface area contributed by atoms with Crippen LogP contribution in [0.2, 0.25) is 0 Å². The molecule has 1 N–H and O–H groups in total. The third-order valence-electron chi connectivity index (χ3n) is 4.29. The summed E-state index contributed by atoms with van der Waals surface area (Å²) in [4.78, 5) is 2.51. The monoisotopic (exact) mass is 272 g/mol. The maximum Gasteiger partial charge on any atom is 0.134 e. The van der Waals surface area contributed by atoms with Crippen molar-refractivity contribution in [2.75, 3.05) is 19.6 Å². The third-order valence-corrected chi connectivity index (χ3v) is 4.29. The van der Waals surface area contributed by atoms with Crippen molar-refractivity contribution in [1.82, 2.24) is 10.2 Å². The van der Waals surface area contributed by atoms with Crippen molar-refractivity contribution >= 4 is 11.0 Å². The van der Waals surface area contributed by atoms with Crippen LogP contribution in [0.4, 0.5) is 0 Å². The lowest BCUT2D eigenvalue weighted by Gasteiger charge is -2.29. The smallest absolute Gasteiger partial charge is 0.134 e. The Kier molecular flexibility index (Phi) is 4.38. The molecule has 1 aliphatic heterocycles. The molecule has 2 aromatic rings. The van der Waals surface area contributed by atoms with Crippen molar-refractivity contribution in [3.63, 3.8) is 0 Å². The van der Waals surface area contributed by atoms with Gasteiger partial charge in [-0.3, -0.25) is 4.90 Å². The lowest BCUT2D eigenvalue weighted by molar-refractivity contribution is 0.226. The second-order valence-corrected chi connectivity index (χ2v) is 5.73. The number of furan rings is 1. The summed E-state index contributed by atoms with van der Waals surface area (Å²) >= 11 is 0. The van der Waals surface area contributed by atoms with Crippen molar-refractivity contribution in [3.8, 4) is 0 Å². The zero-order chi connectivity index (χ0) is 13.8. The zero-order valence-corrected chi connectivity index (χ0v) is 12.3. The van der Waals surface area contributed by atoms with Gasteiger partial charge in [-0.05, 0) is 32.0 Å². The van der Waals surface area contributed by atoms with Crippen LogP contribution in [0, 0.1) is 0 Å².